The number of hydrogen-bond donors (Lipinski definition) is 3. The van der Waals surface area contributed by atoms with Crippen molar-refractivity contribution in [2.75, 3.05) is 54.5 Å². The van der Waals surface area contributed by atoms with Crippen LogP contribution in [0.4, 0.5) is 26.2 Å². The number of ether oxygens (including phenoxy) is 2. The Bertz CT molecular complexity index is 1580. The molecule has 254 valence electrons. The predicted molar refractivity (Wildman–Crippen MR) is 179 cm³/mol. The summed E-state index contributed by atoms with van der Waals surface area (Å²) in [4.78, 5) is 54.6. The van der Waals surface area contributed by atoms with Gasteiger partial charge in [0.15, 0.2) is 0 Å². The molecule has 2 aliphatic rings. The van der Waals surface area contributed by atoms with Crippen LogP contribution >= 0.6 is 0 Å². The van der Waals surface area contributed by atoms with Crippen LogP contribution in [-0.4, -0.2) is 80.1 Å². The molecule has 0 aromatic heterocycles. The van der Waals surface area contributed by atoms with E-state index in [2.05, 4.69) is 10.9 Å². The second-order valence-electron chi connectivity index (χ2n) is 11.8. The Kier molecular flexibility index (Phi) is 11.6. The summed E-state index contributed by atoms with van der Waals surface area (Å²) in [7, 11) is 0. The molecule has 2 fully saturated rings. The second kappa shape index (κ2) is 16.2. The lowest BCUT2D eigenvalue weighted by molar-refractivity contribution is -0.155. The summed E-state index contributed by atoms with van der Waals surface area (Å²) in [5.74, 6) is -1.95. The molecule has 2 saturated heterocycles. The Hall–Kier alpha value is -5.01. The number of nitrogens with zero attached hydrogens (tertiary/aromatic N) is 3. The molecule has 0 spiro atoms. The van der Waals surface area contributed by atoms with Crippen LogP contribution in [0.25, 0.3) is 0 Å². The Morgan fingerprint density at radius 1 is 1.00 bits per heavy atom. The standard InChI is InChI=1S/C35H41FN6O6/c1-24(33(44)34(45)47-23-26-6-3-2-4-7-26)38-39-27-12-10-25(11-13-27)8-5-9-32(43)41-18-16-40(17-19-41)31-15-14-28(20-30(31)36)42-22-29(21-37)48-35(42)46/h2-4,6-7,10-15,20,24,29,38-39H,5,8-9,16-19,21-23,37H2,1H3/t24-,29-/m0/s1. The van der Waals surface area contributed by atoms with E-state index in [1.54, 1.807) is 19.1 Å². The van der Waals surface area contributed by atoms with Gasteiger partial charge in [0.05, 0.1) is 24.0 Å². The maximum absolute atomic E-state index is 15.1. The highest BCUT2D eigenvalue weighted by atomic mass is 19.1. The molecular weight excluding hydrogens is 619 g/mol. The van der Waals surface area contributed by atoms with E-state index in [9.17, 15) is 19.2 Å². The van der Waals surface area contributed by atoms with Gasteiger partial charge >= 0.3 is 12.1 Å². The number of benzene rings is 3. The van der Waals surface area contributed by atoms with E-state index in [1.165, 1.54) is 11.0 Å². The summed E-state index contributed by atoms with van der Waals surface area (Å²) >= 11 is 0. The highest BCUT2D eigenvalue weighted by Gasteiger charge is 2.32. The van der Waals surface area contributed by atoms with Crippen LogP contribution in [0, 0.1) is 5.82 Å². The summed E-state index contributed by atoms with van der Waals surface area (Å²) < 4.78 is 25.3. The Morgan fingerprint density at radius 2 is 1.73 bits per heavy atom. The fourth-order valence-corrected chi connectivity index (χ4v) is 5.56. The number of rotatable bonds is 14. The number of nitrogens with one attached hydrogen (secondary N) is 2. The molecule has 0 bridgehead atoms. The van der Waals surface area contributed by atoms with E-state index in [1.807, 2.05) is 64.4 Å². The van der Waals surface area contributed by atoms with Gasteiger partial charge in [-0.1, -0.05) is 42.5 Å². The molecule has 4 N–H and O–H groups in total. The number of esters is 1. The van der Waals surface area contributed by atoms with Crippen molar-refractivity contribution in [3.05, 3.63) is 89.7 Å². The summed E-state index contributed by atoms with van der Waals surface area (Å²) in [6.07, 6.45) is 0.861. The minimum atomic E-state index is -0.901. The third-order valence-corrected chi connectivity index (χ3v) is 8.40. The topological polar surface area (TPSA) is 147 Å². The maximum atomic E-state index is 15.1. The number of piperazine rings is 1. The average Bonchev–Trinajstić information content (AvgIpc) is 3.50. The summed E-state index contributed by atoms with van der Waals surface area (Å²) in [6.45, 7) is 4.10. The molecular formula is C35H41FN6O6. The van der Waals surface area contributed by atoms with E-state index < -0.39 is 35.8 Å². The molecule has 0 aliphatic carbocycles. The Labute approximate surface area is 278 Å². The molecule has 2 amide bonds. The van der Waals surface area contributed by atoms with Crippen LogP contribution in [0.15, 0.2) is 72.8 Å². The highest BCUT2D eigenvalue weighted by molar-refractivity contribution is 6.35. The first-order chi connectivity index (χ1) is 23.2. The number of ketones is 1. The first-order valence-electron chi connectivity index (χ1n) is 16.1. The van der Waals surface area contributed by atoms with E-state index in [0.717, 1.165) is 23.2 Å². The van der Waals surface area contributed by atoms with E-state index in [0.29, 0.717) is 50.4 Å². The third kappa shape index (κ3) is 8.87. The summed E-state index contributed by atoms with van der Waals surface area (Å²) in [5.41, 5.74) is 14.8. The fourth-order valence-electron chi connectivity index (χ4n) is 5.56. The lowest BCUT2D eigenvalue weighted by atomic mass is 10.1. The van der Waals surface area contributed by atoms with Gasteiger partial charge < -0.3 is 30.4 Å². The van der Waals surface area contributed by atoms with Crippen LogP contribution in [0.1, 0.15) is 30.9 Å². The number of amides is 2. The molecule has 3 aromatic carbocycles. The van der Waals surface area contributed by atoms with E-state index in [-0.39, 0.29) is 25.6 Å². The smallest absolute Gasteiger partial charge is 0.414 e. The minimum absolute atomic E-state index is 0.0318. The van der Waals surface area contributed by atoms with Gasteiger partial charge in [0.1, 0.15) is 18.5 Å². The van der Waals surface area contributed by atoms with Crippen molar-refractivity contribution in [3.8, 4) is 0 Å². The summed E-state index contributed by atoms with van der Waals surface area (Å²) in [6, 6.07) is 20.6. The van der Waals surface area contributed by atoms with E-state index in [4.69, 9.17) is 15.2 Å². The number of halogens is 1. The number of anilines is 3. The van der Waals surface area contributed by atoms with Crippen molar-refractivity contribution in [1.82, 2.24) is 10.3 Å². The van der Waals surface area contributed by atoms with E-state index >= 15 is 4.39 Å². The summed E-state index contributed by atoms with van der Waals surface area (Å²) in [5, 5.41) is 0. The van der Waals surface area contributed by atoms with Crippen LogP contribution in [0.2, 0.25) is 0 Å². The van der Waals surface area contributed by atoms with Gasteiger partial charge in [-0.05, 0) is 61.2 Å². The molecule has 0 radical (unpaired) electrons. The normalized spacial score (nSPS) is 16.8. The van der Waals surface area contributed by atoms with Gasteiger partial charge in [0, 0.05) is 44.8 Å². The third-order valence-electron chi connectivity index (χ3n) is 8.40. The molecule has 48 heavy (non-hydrogen) atoms. The van der Waals surface area contributed by atoms with Gasteiger partial charge in [0.2, 0.25) is 5.91 Å². The molecule has 0 saturated carbocycles. The van der Waals surface area contributed by atoms with Gasteiger partial charge in [-0.25, -0.2) is 19.4 Å². The monoisotopic (exact) mass is 660 g/mol. The molecule has 3 aromatic rings. The first-order valence-corrected chi connectivity index (χ1v) is 16.1. The zero-order chi connectivity index (χ0) is 34.0. The number of hydrazine groups is 1. The van der Waals surface area contributed by atoms with Gasteiger partial charge in [-0.2, -0.15) is 0 Å². The van der Waals surface area contributed by atoms with Crippen LogP contribution in [-0.2, 0) is 36.9 Å². The van der Waals surface area contributed by atoms with Gasteiger partial charge in [-0.15, -0.1) is 0 Å². The maximum Gasteiger partial charge on any atom is 0.414 e. The van der Waals surface area contributed by atoms with Crippen LogP contribution in [0.5, 0.6) is 0 Å². The van der Waals surface area contributed by atoms with Crippen molar-refractivity contribution < 1.29 is 33.0 Å². The number of cyclic esters (lactones) is 1. The quantitative estimate of drug-likeness (QED) is 0.134. The van der Waals surface area contributed by atoms with Crippen molar-refractivity contribution in [2.24, 2.45) is 5.73 Å². The Balaban J connectivity index is 0.991. The molecule has 12 nitrogen and oxygen atoms in total. The zero-order valence-electron chi connectivity index (χ0n) is 26.9. The first kappa shape index (κ1) is 34.3. The lowest BCUT2D eigenvalue weighted by Gasteiger charge is -2.36. The van der Waals surface area contributed by atoms with Crippen molar-refractivity contribution in [3.63, 3.8) is 0 Å². The molecule has 2 aliphatic heterocycles. The number of hydrogen-bond acceptors (Lipinski definition) is 10. The van der Waals surface area contributed by atoms with Crippen LogP contribution in [0.3, 0.4) is 0 Å². The molecule has 2 heterocycles. The number of Topliss-reactive ketones (excluding diaryl/α,β-unsaturated/α-hetero) is 1. The molecule has 5 rings (SSSR count). The molecule has 2 atom stereocenters. The number of carbonyl (C=O) groups is 4. The SMILES string of the molecule is C[C@H](NNc1ccc(CCCC(=O)N2CCN(c3ccc(N4C[C@H](CN)OC4=O)cc3F)CC2)cc1)C(=O)C(=O)OCc1ccccc1. The van der Waals surface area contributed by atoms with Crippen LogP contribution < -0.4 is 26.4 Å². The lowest BCUT2D eigenvalue weighted by Crippen LogP contribution is -2.49. The fraction of sp³-hybridized carbons (Fsp3) is 0.371. The number of aryl methyl sites for hydroxylation is 1. The Morgan fingerprint density at radius 3 is 2.40 bits per heavy atom. The number of nitrogens with two attached hydrogens (primary N) is 1. The highest BCUT2D eigenvalue weighted by Crippen LogP contribution is 2.28. The molecule has 0 unspecified atom stereocenters. The average molecular weight is 661 g/mol. The minimum Gasteiger partial charge on any atom is -0.455 e. The largest absolute Gasteiger partial charge is 0.455 e. The van der Waals surface area contributed by atoms with Gasteiger partial charge in [-0.3, -0.25) is 14.5 Å². The predicted octanol–water partition coefficient (Wildman–Crippen LogP) is 3.40. The van der Waals surface area contributed by atoms with Crippen molar-refractivity contribution in [1.29, 1.82) is 0 Å². The second-order valence-corrected chi connectivity index (χ2v) is 11.8. The van der Waals surface area contributed by atoms with Crippen molar-refractivity contribution in [2.45, 2.75) is 44.9 Å². The molecule has 13 heteroatoms. The van der Waals surface area contributed by atoms with Crippen molar-refractivity contribution >= 4 is 40.8 Å². The van der Waals surface area contributed by atoms with Gasteiger partial charge in [0.25, 0.3) is 5.78 Å². The zero-order valence-corrected chi connectivity index (χ0v) is 26.9. The number of carbonyl (C=O) groups excluding carboxylic acids is 4.